The number of anilines is 1. The summed E-state index contributed by atoms with van der Waals surface area (Å²) in [5.74, 6) is 0.223. The summed E-state index contributed by atoms with van der Waals surface area (Å²) < 4.78 is 0. The number of aromatic nitrogens is 2. The molecular weight excluding hydrogens is 382 g/mol. The van der Waals surface area contributed by atoms with Crippen molar-refractivity contribution in [3.8, 4) is 0 Å². The van der Waals surface area contributed by atoms with E-state index < -0.39 is 5.92 Å². The fraction of sp³-hybridized carbons (Fsp3) is 0.350. The van der Waals surface area contributed by atoms with Gasteiger partial charge < -0.3 is 10.3 Å². The molecule has 2 aromatic rings. The van der Waals surface area contributed by atoms with Crippen molar-refractivity contribution in [1.29, 1.82) is 0 Å². The van der Waals surface area contributed by atoms with E-state index in [0.717, 1.165) is 24.1 Å². The lowest BCUT2D eigenvalue weighted by Gasteiger charge is -2.32. The van der Waals surface area contributed by atoms with Gasteiger partial charge in [-0.25, -0.2) is 4.98 Å². The molecule has 1 aliphatic heterocycles. The fourth-order valence-electron chi connectivity index (χ4n) is 3.71. The number of ketones is 1. The molecule has 0 amide bonds. The Balaban J connectivity index is 1.92. The summed E-state index contributed by atoms with van der Waals surface area (Å²) in [7, 11) is 0. The van der Waals surface area contributed by atoms with E-state index in [9.17, 15) is 9.59 Å². The number of carbonyl (C=O) groups excluding carboxylic acids is 1. The van der Waals surface area contributed by atoms with Crippen LogP contribution in [0.15, 0.2) is 45.5 Å². The molecule has 0 spiro atoms. The maximum Gasteiger partial charge on any atom is 0.257 e. The lowest BCUT2D eigenvalue weighted by molar-refractivity contribution is -0.116. The Hall–Kier alpha value is -2.05. The van der Waals surface area contributed by atoms with Crippen LogP contribution in [0.25, 0.3) is 0 Å². The van der Waals surface area contributed by atoms with Crippen molar-refractivity contribution in [1.82, 2.24) is 9.97 Å². The minimum Gasteiger partial charge on any atom is -0.343 e. The molecule has 140 valence electrons. The Bertz CT molecular complexity index is 995. The van der Waals surface area contributed by atoms with Gasteiger partial charge in [0.25, 0.3) is 5.56 Å². The zero-order valence-electron chi connectivity index (χ0n) is 15.1. The third kappa shape index (κ3) is 3.44. The maximum absolute atomic E-state index is 13.0. The SMILES string of the molecule is CC(C)Sc1nc2c(c(=O)[nH]1)[C@H](c1ccc(Cl)cc1)C1=C(CCCC1=O)N2. The topological polar surface area (TPSA) is 74.8 Å². The van der Waals surface area contributed by atoms with E-state index >= 15 is 0 Å². The van der Waals surface area contributed by atoms with E-state index in [0.29, 0.717) is 38.8 Å². The number of aromatic amines is 1. The van der Waals surface area contributed by atoms with Gasteiger partial charge in [-0.15, -0.1) is 0 Å². The van der Waals surface area contributed by atoms with Gasteiger partial charge in [0.15, 0.2) is 10.9 Å². The zero-order valence-corrected chi connectivity index (χ0v) is 16.7. The van der Waals surface area contributed by atoms with Gasteiger partial charge >= 0.3 is 0 Å². The predicted molar refractivity (Wildman–Crippen MR) is 109 cm³/mol. The first-order chi connectivity index (χ1) is 12.9. The highest BCUT2D eigenvalue weighted by Gasteiger charge is 2.37. The van der Waals surface area contributed by atoms with Crippen molar-refractivity contribution in [3.05, 3.63) is 62.0 Å². The van der Waals surface area contributed by atoms with Crippen LogP contribution < -0.4 is 10.9 Å². The molecule has 0 fully saturated rings. The van der Waals surface area contributed by atoms with Gasteiger partial charge in [-0.05, 0) is 30.5 Å². The van der Waals surface area contributed by atoms with Gasteiger partial charge in [-0.3, -0.25) is 9.59 Å². The summed E-state index contributed by atoms with van der Waals surface area (Å²) in [6.07, 6.45) is 2.10. The van der Waals surface area contributed by atoms with E-state index in [1.165, 1.54) is 11.8 Å². The second-order valence-electron chi connectivity index (χ2n) is 7.08. The van der Waals surface area contributed by atoms with Crippen LogP contribution in [0.5, 0.6) is 0 Å². The Morgan fingerprint density at radius 3 is 2.63 bits per heavy atom. The summed E-state index contributed by atoms with van der Waals surface area (Å²) in [4.78, 5) is 33.3. The van der Waals surface area contributed by atoms with Gasteiger partial charge in [0.1, 0.15) is 5.82 Å². The highest BCUT2D eigenvalue weighted by Crippen LogP contribution is 2.43. The van der Waals surface area contributed by atoms with Crippen LogP contribution in [-0.4, -0.2) is 21.0 Å². The normalized spacial score (nSPS) is 19.0. The van der Waals surface area contributed by atoms with Crippen LogP contribution in [0.2, 0.25) is 5.02 Å². The molecule has 0 saturated heterocycles. The number of fused-ring (bicyclic) bond motifs is 1. The average molecular weight is 402 g/mol. The van der Waals surface area contributed by atoms with E-state index in [1.54, 1.807) is 12.1 Å². The van der Waals surface area contributed by atoms with Gasteiger partial charge in [0.2, 0.25) is 0 Å². The third-order valence-electron chi connectivity index (χ3n) is 4.79. The van der Waals surface area contributed by atoms with Gasteiger partial charge in [-0.1, -0.05) is 49.3 Å². The summed E-state index contributed by atoms with van der Waals surface area (Å²) >= 11 is 7.55. The van der Waals surface area contributed by atoms with Gasteiger partial charge in [0.05, 0.1) is 5.56 Å². The zero-order chi connectivity index (χ0) is 19.1. The van der Waals surface area contributed by atoms with Crippen molar-refractivity contribution in [2.45, 2.75) is 49.4 Å². The van der Waals surface area contributed by atoms with E-state index in [1.807, 2.05) is 12.1 Å². The fourth-order valence-corrected chi connectivity index (χ4v) is 4.58. The molecule has 2 heterocycles. The molecule has 1 aromatic heterocycles. The maximum atomic E-state index is 13.0. The summed E-state index contributed by atoms with van der Waals surface area (Å²) in [6, 6.07) is 7.34. The predicted octanol–water partition coefficient (Wildman–Crippen LogP) is 4.49. The first kappa shape index (κ1) is 18.3. The molecule has 2 N–H and O–H groups in total. The number of hydrogen-bond donors (Lipinski definition) is 2. The molecule has 27 heavy (non-hydrogen) atoms. The smallest absolute Gasteiger partial charge is 0.257 e. The first-order valence-corrected chi connectivity index (χ1v) is 10.3. The monoisotopic (exact) mass is 401 g/mol. The van der Waals surface area contributed by atoms with Crippen LogP contribution in [-0.2, 0) is 4.79 Å². The molecule has 7 heteroatoms. The van der Waals surface area contributed by atoms with Crippen molar-refractivity contribution in [3.63, 3.8) is 0 Å². The lowest BCUT2D eigenvalue weighted by atomic mass is 9.76. The highest BCUT2D eigenvalue weighted by molar-refractivity contribution is 7.99. The molecule has 1 atom stereocenters. The van der Waals surface area contributed by atoms with Crippen molar-refractivity contribution >= 4 is 35.0 Å². The summed E-state index contributed by atoms with van der Waals surface area (Å²) in [6.45, 7) is 4.10. The van der Waals surface area contributed by atoms with Crippen molar-refractivity contribution in [2.24, 2.45) is 0 Å². The van der Waals surface area contributed by atoms with E-state index in [2.05, 4.69) is 29.1 Å². The number of hydrogen-bond acceptors (Lipinski definition) is 5. The molecule has 1 aliphatic carbocycles. The number of carbonyl (C=O) groups is 1. The molecule has 0 saturated carbocycles. The lowest BCUT2D eigenvalue weighted by Crippen LogP contribution is -2.32. The van der Waals surface area contributed by atoms with Gasteiger partial charge in [-0.2, -0.15) is 0 Å². The second kappa shape index (κ2) is 7.17. The number of nitrogens with one attached hydrogen (secondary N) is 2. The van der Waals surface area contributed by atoms with Crippen LogP contribution in [0, 0.1) is 0 Å². The van der Waals surface area contributed by atoms with E-state index in [-0.39, 0.29) is 11.3 Å². The number of H-pyrrole nitrogens is 1. The molecule has 0 unspecified atom stereocenters. The molecule has 5 nitrogen and oxygen atoms in total. The van der Waals surface area contributed by atoms with Crippen LogP contribution in [0.1, 0.15) is 50.2 Å². The first-order valence-electron chi connectivity index (χ1n) is 9.03. The number of benzene rings is 1. The van der Waals surface area contributed by atoms with Gasteiger partial charge in [0, 0.05) is 33.9 Å². The number of thioether (sulfide) groups is 1. The summed E-state index contributed by atoms with van der Waals surface area (Å²) in [5.41, 5.74) is 2.74. The number of nitrogens with zero attached hydrogens (tertiary/aromatic N) is 1. The van der Waals surface area contributed by atoms with Crippen LogP contribution >= 0.6 is 23.4 Å². The highest BCUT2D eigenvalue weighted by atomic mass is 35.5. The Kier molecular flexibility index (Phi) is 4.86. The average Bonchev–Trinajstić information content (AvgIpc) is 2.60. The number of rotatable bonds is 3. The Morgan fingerprint density at radius 2 is 1.93 bits per heavy atom. The largest absolute Gasteiger partial charge is 0.343 e. The van der Waals surface area contributed by atoms with E-state index in [4.69, 9.17) is 11.6 Å². The molecule has 1 aromatic carbocycles. The number of Topliss-reactive ketones (excluding diaryl/α,β-unsaturated/α-hetero) is 1. The van der Waals surface area contributed by atoms with Crippen LogP contribution in [0.3, 0.4) is 0 Å². The number of halogens is 1. The minimum atomic E-state index is -0.421. The van der Waals surface area contributed by atoms with Crippen molar-refractivity contribution < 1.29 is 4.79 Å². The molecule has 0 bridgehead atoms. The third-order valence-corrected chi connectivity index (χ3v) is 5.93. The standard InChI is InChI=1S/C20H20ClN3O2S/c1-10(2)27-20-23-18-17(19(26)24-20)15(11-6-8-12(21)9-7-11)16-13(22-18)4-3-5-14(16)25/h6-10,15H,3-5H2,1-2H3,(H2,22,23,24,26)/t15-/m1/s1. The van der Waals surface area contributed by atoms with Crippen molar-refractivity contribution in [2.75, 3.05) is 5.32 Å². The Morgan fingerprint density at radius 1 is 1.19 bits per heavy atom. The minimum absolute atomic E-state index is 0.0920. The molecule has 0 radical (unpaired) electrons. The molecular formula is C20H20ClN3O2S. The second-order valence-corrected chi connectivity index (χ2v) is 9.08. The quantitative estimate of drug-likeness (QED) is 0.585. The van der Waals surface area contributed by atoms with Crippen LogP contribution in [0.4, 0.5) is 5.82 Å². The summed E-state index contributed by atoms with van der Waals surface area (Å²) in [5, 5.41) is 4.79. The number of allylic oxidation sites excluding steroid dienone is 2. The Labute approximate surface area is 166 Å². The molecule has 4 rings (SSSR count). The molecule has 2 aliphatic rings.